The van der Waals surface area contributed by atoms with Gasteiger partial charge in [0.1, 0.15) is 5.41 Å². The molecule has 0 aromatic heterocycles. The van der Waals surface area contributed by atoms with E-state index in [0.29, 0.717) is 11.1 Å². The monoisotopic (exact) mass is 384 g/mol. The summed E-state index contributed by atoms with van der Waals surface area (Å²) in [6.07, 6.45) is 0. The summed E-state index contributed by atoms with van der Waals surface area (Å²) in [6.45, 7) is 3.60. The van der Waals surface area contributed by atoms with Crippen LogP contribution in [-0.2, 0) is 9.53 Å². The Kier molecular flexibility index (Phi) is 6.84. The van der Waals surface area contributed by atoms with E-state index in [9.17, 15) is 15.3 Å². The maximum atomic E-state index is 12.7. The van der Waals surface area contributed by atoms with Gasteiger partial charge in [0.25, 0.3) is 0 Å². The van der Waals surface area contributed by atoms with E-state index >= 15 is 0 Å². The van der Waals surface area contributed by atoms with Crippen LogP contribution in [0.4, 0.5) is 0 Å². The average molecular weight is 385 g/mol. The quantitative estimate of drug-likeness (QED) is 0.532. The number of hydrogen-bond acceptors (Lipinski definition) is 8. The van der Waals surface area contributed by atoms with Crippen LogP contribution in [0.5, 0.6) is 0 Å². The van der Waals surface area contributed by atoms with Gasteiger partial charge in [0.15, 0.2) is 0 Å². The van der Waals surface area contributed by atoms with E-state index in [1.165, 1.54) is 0 Å². The summed E-state index contributed by atoms with van der Waals surface area (Å²) in [6, 6.07) is 4.39. The van der Waals surface area contributed by atoms with Crippen LogP contribution in [0.1, 0.15) is 13.8 Å². The minimum Gasteiger partial charge on any atom is -0.465 e. The van der Waals surface area contributed by atoms with Crippen molar-refractivity contribution in [2.45, 2.75) is 13.8 Å². The second-order valence-electron chi connectivity index (χ2n) is 4.79. The molecule has 0 atom stereocenters. The zero-order valence-electron chi connectivity index (χ0n) is 12.9. The summed E-state index contributed by atoms with van der Waals surface area (Å²) in [5, 5.41) is 19.5. The van der Waals surface area contributed by atoms with Crippen LogP contribution >= 0.6 is 47.0 Å². The van der Waals surface area contributed by atoms with E-state index in [-0.39, 0.29) is 6.61 Å². The van der Waals surface area contributed by atoms with Crippen LogP contribution < -0.4 is 0 Å². The van der Waals surface area contributed by atoms with E-state index in [1.807, 2.05) is 0 Å². The highest BCUT2D eigenvalue weighted by atomic mass is 32.2. The number of hydrogen-bond donors (Lipinski definition) is 0. The fourth-order valence-electron chi connectivity index (χ4n) is 2.24. The molecule has 2 aliphatic heterocycles. The predicted octanol–water partition coefficient (Wildman–Crippen LogP) is 3.99. The van der Waals surface area contributed by atoms with Gasteiger partial charge in [-0.3, -0.25) is 4.79 Å². The van der Waals surface area contributed by atoms with Crippen molar-refractivity contribution in [2.75, 3.05) is 29.6 Å². The number of esters is 1. The summed E-state index contributed by atoms with van der Waals surface area (Å²) >= 11 is 6.30. The number of nitriles is 2. The van der Waals surface area contributed by atoms with Crippen molar-refractivity contribution in [1.82, 2.24) is 0 Å². The van der Waals surface area contributed by atoms with Crippen LogP contribution in [0.2, 0.25) is 0 Å². The Bertz CT molecular complexity index is 583. The Balaban J connectivity index is 2.64. The first-order valence-corrected chi connectivity index (χ1v) is 11.0. The molecule has 8 heteroatoms. The van der Waals surface area contributed by atoms with Gasteiger partial charge in [-0.2, -0.15) is 10.5 Å². The van der Waals surface area contributed by atoms with Gasteiger partial charge < -0.3 is 4.74 Å². The van der Waals surface area contributed by atoms with Gasteiger partial charge in [-0.25, -0.2) is 0 Å². The van der Waals surface area contributed by atoms with Gasteiger partial charge in [0.05, 0.1) is 38.4 Å². The second kappa shape index (κ2) is 8.43. The molecule has 0 aromatic carbocycles. The molecule has 2 aliphatic rings. The summed E-state index contributed by atoms with van der Waals surface area (Å²) in [4.78, 5) is 12.7. The number of carbonyl (C=O) groups excluding carboxylic acids is 1. The van der Waals surface area contributed by atoms with E-state index in [4.69, 9.17) is 4.74 Å². The van der Waals surface area contributed by atoms with Crippen molar-refractivity contribution in [3.8, 4) is 12.1 Å². The average Bonchev–Trinajstić information content (AvgIpc) is 3.22. The Morgan fingerprint density at radius 2 is 1.43 bits per heavy atom. The van der Waals surface area contributed by atoms with Gasteiger partial charge in [-0.1, -0.05) is 0 Å². The lowest BCUT2D eigenvalue weighted by atomic mass is 9.77. The molecule has 122 valence electrons. The number of nitrogens with zero attached hydrogens (tertiary/aromatic N) is 2. The largest absolute Gasteiger partial charge is 0.465 e. The molecular weight excluding hydrogens is 368 g/mol. The predicted molar refractivity (Wildman–Crippen MR) is 99.9 cm³/mol. The molecule has 0 bridgehead atoms. The topological polar surface area (TPSA) is 73.9 Å². The normalized spacial score (nSPS) is 17.6. The first kappa shape index (κ1) is 18.7. The van der Waals surface area contributed by atoms with Crippen LogP contribution in [0, 0.1) is 28.1 Å². The Labute approximate surface area is 153 Å². The molecule has 0 radical (unpaired) electrons. The van der Waals surface area contributed by atoms with Crippen molar-refractivity contribution >= 4 is 53.0 Å². The SMILES string of the molecule is CCOC(=O)C(C)(C(C#N)=C1SCCS1)C(C#N)=C1SCCS1. The molecule has 0 spiro atoms. The van der Waals surface area contributed by atoms with Gasteiger partial charge in [0.2, 0.25) is 0 Å². The Morgan fingerprint density at radius 3 is 1.74 bits per heavy atom. The lowest BCUT2D eigenvalue weighted by Crippen LogP contribution is -2.34. The first-order valence-electron chi connectivity index (χ1n) is 7.07. The van der Waals surface area contributed by atoms with Crippen LogP contribution in [0.15, 0.2) is 19.6 Å². The minimum atomic E-state index is -1.33. The summed E-state index contributed by atoms with van der Waals surface area (Å²) in [5.74, 6) is 3.12. The molecular formula is C15H16N2O2S4. The molecule has 0 unspecified atom stereocenters. The Hall–Kier alpha value is -0.670. The molecule has 2 rings (SSSR count). The smallest absolute Gasteiger partial charge is 0.322 e. The van der Waals surface area contributed by atoms with E-state index in [0.717, 1.165) is 31.5 Å². The molecule has 23 heavy (non-hydrogen) atoms. The van der Waals surface area contributed by atoms with Crippen molar-refractivity contribution in [3.63, 3.8) is 0 Å². The first-order chi connectivity index (χ1) is 11.1. The highest BCUT2D eigenvalue weighted by molar-refractivity contribution is 8.25. The third-order valence-electron chi connectivity index (χ3n) is 3.41. The van der Waals surface area contributed by atoms with Gasteiger partial charge in [-0.15, -0.1) is 47.0 Å². The molecule has 4 nitrogen and oxygen atoms in total. The zero-order chi connectivity index (χ0) is 16.9. The number of ether oxygens (including phenoxy) is 1. The van der Waals surface area contributed by atoms with E-state index in [2.05, 4.69) is 12.1 Å². The van der Waals surface area contributed by atoms with Crippen molar-refractivity contribution in [3.05, 3.63) is 19.6 Å². The van der Waals surface area contributed by atoms with Crippen LogP contribution in [0.3, 0.4) is 0 Å². The summed E-state index contributed by atoms with van der Waals surface area (Å²) < 4.78 is 6.92. The molecule has 2 fully saturated rings. The zero-order valence-corrected chi connectivity index (χ0v) is 16.1. The fraction of sp³-hybridized carbons (Fsp3) is 0.533. The fourth-order valence-corrected chi connectivity index (χ4v) is 7.56. The molecule has 0 saturated carbocycles. The van der Waals surface area contributed by atoms with Gasteiger partial charge >= 0.3 is 5.97 Å². The molecule has 0 aliphatic carbocycles. The summed E-state index contributed by atoms with van der Waals surface area (Å²) in [5.41, 5.74) is -0.639. The third kappa shape index (κ3) is 3.71. The van der Waals surface area contributed by atoms with Crippen LogP contribution in [0.25, 0.3) is 0 Å². The highest BCUT2D eigenvalue weighted by Gasteiger charge is 2.47. The van der Waals surface area contributed by atoms with Crippen molar-refractivity contribution in [2.24, 2.45) is 5.41 Å². The van der Waals surface area contributed by atoms with Crippen molar-refractivity contribution < 1.29 is 9.53 Å². The van der Waals surface area contributed by atoms with Gasteiger partial charge in [-0.05, 0) is 13.8 Å². The number of carbonyl (C=O) groups is 1. The van der Waals surface area contributed by atoms with E-state index < -0.39 is 11.4 Å². The minimum absolute atomic E-state index is 0.219. The molecule has 0 amide bonds. The second-order valence-corrected chi connectivity index (χ2v) is 9.73. The van der Waals surface area contributed by atoms with E-state index in [1.54, 1.807) is 60.9 Å². The van der Waals surface area contributed by atoms with Crippen LogP contribution in [-0.4, -0.2) is 35.6 Å². The van der Waals surface area contributed by atoms with Crippen molar-refractivity contribution in [1.29, 1.82) is 10.5 Å². The standard InChI is InChI=1S/C15H16N2O2S4/c1-3-19-14(18)15(2,10(8-16)12-20-4-5-21-12)11(9-17)13-22-6-7-23-13/h3-7H2,1-2H3. The lowest BCUT2D eigenvalue weighted by molar-refractivity contribution is -0.149. The molecule has 0 aromatic rings. The lowest BCUT2D eigenvalue weighted by Gasteiger charge is -2.28. The molecule has 0 N–H and O–H groups in total. The number of rotatable bonds is 4. The third-order valence-corrected chi connectivity index (χ3v) is 8.84. The van der Waals surface area contributed by atoms with Gasteiger partial charge in [0, 0.05) is 23.0 Å². The maximum absolute atomic E-state index is 12.7. The molecule has 2 heterocycles. The summed E-state index contributed by atoms with van der Waals surface area (Å²) in [7, 11) is 0. The Morgan fingerprint density at radius 1 is 1.04 bits per heavy atom. The number of thioether (sulfide) groups is 4. The molecule has 2 saturated heterocycles. The maximum Gasteiger partial charge on any atom is 0.322 e. The highest BCUT2D eigenvalue weighted by Crippen LogP contribution is 2.51.